The fourth-order valence-corrected chi connectivity index (χ4v) is 2.54. The van der Waals surface area contributed by atoms with Crippen molar-refractivity contribution in [1.82, 2.24) is 3.53 Å². The van der Waals surface area contributed by atoms with Crippen LogP contribution in [0.1, 0.15) is 5.56 Å². The normalized spacial score (nSPS) is 15.8. The summed E-state index contributed by atoms with van der Waals surface area (Å²) in [5, 5.41) is 0. The maximum absolute atomic E-state index is 3.24. The van der Waals surface area contributed by atoms with Crippen LogP contribution in [0.4, 0.5) is 0 Å². The second kappa shape index (κ2) is 3.76. The Bertz CT molecular complexity index is 314. The van der Waals surface area contributed by atoms with Crippen LogP contribution >= 0.6 is 0 Å². The average Bonchev–Trinajstić information content (AvgIpc) is 2.21. The standard InChI is InChI=1S/C10H9IN/c1-2-4-9(5-3-1)10-6-7-12-11-8-10/h1-8,12H/q-1. The number of halogens is 1. The Labute approximate surface area is 82.8 Å². The Balaban J connectivity index is 2.31. The molecule has 0 aromatic heterocycles. The van der Waals surface area contributed by atoms with Crippen molar-refractivity contribution in [3.8, 4) is 0 Å². The van der Waals surface area contributed by atoms with Crippen molar-refractivity contribution in [3.05, 3.63) is 52.3 Å². The molecule has 1 heterocycles. The Morgan fingerprint density at radius 1 is 1.08 bits per heavy atom. The van der Waals surface area contributed by atoms with E-state index in [0.29, 0.717) is 0 Å². The Kier molecular flexibility index (Phi) is 2.46. The van der Waals surface area contributed by atoms with E-state index >= 15 is 0 Å². The van der Waals surface area contributed by atoms with Gasteiger partial charge in [-0.2, -0.15) is 0 Å². The topological polar surface area (TPSA) is 12.0 Å². The summed E-state index contributed by atoms with van der Waals surface area (Å²) in [4.78, 5) is 0. The van der Waals surface area contributed by atoms with E-state index in [1.54, 1.807) is 0 Å². The van der Waals surface area contributed by atoms with Gasteiger partial charge in [-0.05, 0) is 0 Å². The van der Waals surface area contributed by atoms with Crippen LogP contribution < -0.4 is 25.0 Å². The van der Waals surface area contributed by atoms with Gasteiger partial charge < -0.3 is 0 Å². The van der Waals surface area contributed by atoms with Crippen molar-refractivity contribution in [2.45, 2.75) is 0 Å². The summed E-state index contributed by atoms with van der Waals surface area (Å²) in [7, 11) is 0. The summed E-state index contributed by atoms with van der Waals surface area (Å²) in [5.74, 6) is 0. The molecule has 0 atom stereocenters. The molecule has 1 aliphatic heterocycles. The maximum atomic E-state index is 3.24. The summed E-state index contributed by atoms with van der Waals surface area (Å²) >= 11 is 0.0499. The van der Waals surface area contributed by atoms with Gasteiger partial charge in [-0.15, -0.1) is 0 Å². The van der Waals surface area contributed by atoms with Crippen LogP contribution in [0, 0.1) is 0 Å². The first-order valence-electron chi connectivity index (χ1n) is 3.77. The molecule has 0 bridgehead atoms. The SMILES string of the molecule is C1=CC(c2ccccc2)=C[I-]N1. The zero-order chi connectivity index (χ0) is 8.23. The van der Waals surface area contributed by atoms with E-state index in [2.05, 4.69) is 38.0 Å². The van der Waals surface area contributed by atoms with Gasteiger partial charge in [0.2, 0.25) is 0 Å². The van der Waals surface area contributed by atoms with Crippen molar-refractivity contribution in [2.24, 2.45) is 0 Å². The molecule has 0 aliphatic carbocycles. The van der Waals surface area contributed by atoms with Crippen LogP contribution in [0.2, 0.25) is 0 Å². The molecule has 0 saturated heterocycles. The van der Waals surface area contributed by atoms with Gasteiger partial charge in [-0.3, -0.25) is 0 Å². The molecular formula is C10H9IN-. The molecule has 0 amide bonds. The van der Waals surface area contributed by atoms with Gasteiger partial charge in [0.05, 0.1) is 0 Å². The van der Waals surface area contributed by atoms with Gasteiger partial charge in [-0.1, -0.05) is 0 Å². The van der Waals surface area contributed by atoms with Crippen LogP contribution in [0.3, 0.4) is 0 Å². The molecule has 2 heteroatoms. The number of hydrogen-bond donors (Lipinski definition) is 1. The number of rotatable bonds is 1. The van der Waals surface area contributed by atoms with Crippen LogP contribution in [0.15, 0.2) is 46.7 Å². The van der Waals surface area contributed by atoms with Gasteiger partial charge in [0.25, 0.3) is 0 Å². The molecule has 62 valence electrons. The van der Waals surface area contributed by atoms with Crippen molar-refractivity contribution < 1.29 is 21.5 Å². The molecule has 1 nitrogen and oxygen atoms in total. The molecule has 1 aromatic carbocycles. The fourth-order valence-electron chi connectivity index (χ4n) is 1.07. The first kappa shape index (κ1) is 7.86. The molecule has 12 heavy (non-hydrogen) atoms. The zero-order valence-corrected chi connectivity index (χ0v) is 8.65. The van der Waals surface area contributed by atoms with E-state index in [-0.39, 0.29) is 21.5 Å². The number of benzene rings is 1. The van der Waals surface area contributed by atoms with Crippen LogP contribution in [0.25, 0.3) is 5.57 Å². The fraction of sp³-hybridized carbons (Fsp3) is 0. The monoisotopic (exact) mass is 270 g/mol. The molecular weight excluding hydrogens is 261 g/mol. The van der Waals surface area contributed by atoms with Crippen LogP contribution in [-0.2, 0) is 0 Å². The first-order chi connectivity index (χ1) is 5.97. The predicted octanol–water partition coefficient (Wildman–Crippen LogP) is -0.852. The van der Waals surface area contributed by atoms with Crippen molar-refractivity contribution in [1.29, 1.82) is 0 Å². The molecule has 0 radical (unpaired) electrons. The van der Waals surface area contributed by atoms with Gasteiger partial charge in [0.1, 0.15) is 0 Å². The van der Waals surface area contributed by atoms with Crippen LogP contribution in [-0.4, -0.2) is 0 Å². The second-order valence-electron chi connectivity index (χ2n) is 2.48. The van der Waals surface area contributed by atoms with E-state index in [1.807, 2.05) is 12.3 Å². The van der Waals surface area contributed by atoms with E-state index in [1.165, 1.54) is 11.1 Å². The van der Waals surface area contributed by atoms with Gasteiger partial charge >= 0.3 is 82.8 Å². The Morgan fingerprint density at radius 3 is 2.58 bits per heavy atom. The summed E-state index contributed by atoms with van der Waals surface area (Å²) < 4.78 is 5.54. The number of hydrogen-bond acceptors (Lipinski definition) is 1. The van der Waals surface area contributed by atoms with Gasteiger partial charge in [0, 0.05) is 0 Å². The van der Waals surface area contributed by atoms with E-state index in [9.17, 15) is 0 Å². The molecule has 0 fully saturated rings. The summed E-state index contributed by atoms with van der Waals surface area (Å²) in [5.41, 5.74) is 2.66. The summed E-state index contributed by atoms with van der Waals surface area (Å²) in [6, 6.07) is 10.5. The number of nitrogens with one attached hydrogen (secondary N) is 1. The Morgan fingerprint density at radius 2 is 1.92 bits per heavy atom. The molecule has 1 aromatic rings. The van der Waals surface area contributed by atoms with E-state index in [0.717, 1.165) is 0 Å². The molecule has 0 spiro atoms. The molecule has 0 saturated carbocycles. The summed E-state index contributed by atoms with van der Waals surface area (Å²) in [6.45, 7) is 0. The zero-order valence-electron chi connectivity index (χ0n) is 6.50. The number of allylic oxidation sites excluding steroid dienone is 2. The van der Waals surface area contributed by atoms with Crippen molar-refractivity contribution >= 4 is 5.57 Å². The quantitative estimate of drug-likeness (QED) is 0.518. The third kappa shape index (κ3) is 1.69. The Hall–Kier alpha value is -0.770. The third-order valence-electron chi connectivity index (χ3n) is 1.67. The minimum absolute atomic E-state index is 0.0499. The van der Waals surface area contributed by atoms with Gasteiger partial charge in [0.15, 0.2) is 0 Å². The van der Waals surface area contributed by atoms with E-state index in [4.69, 9.17) is 0 Å². The second-order valence-corrected chi connectivity index (χ2v) is 4.35. The minimum atomic E-state index is 0.0499. The van der Waals surface area contributed by atoms with Crippen molar-refractivity contribution in [2.75, 3.05) is 0 Å². The van der Waals surface area contributed by atoms with Gasteiger partial charge in [-0.25, -0.2) is 0 Å². The molecule has 0 unspecified atom stereocenters. The molecule has 1 N–H and O–H groups in total. The van der Waals surface area contributed by atoms with Crippen molar-refractivity contribution in [3.63, 3.8) is 0 Å². The first-order valence-corrected chi connectivity index (χ1v) is 6.09. The average molecular weight is 270 g/mol. The predicted molar refractivity (Wildman–Crippen MR) is 46.7 cm³/mol. The third-order valence-corrected chi connectivity index (χ3v) is 3.37. The summed E-state index contributed by atoms with van der Waals surface area (Å²) in [6.07, 6.45) is 4.16. The molecule has 1 aliphatic rings. The van der Waals surface area contributed by atoms with Crippen LogP contribution in [0.5, 0.6) is 0 Å². The molecule has 2 rings (SSSR count). The van der Waals surface area contributed by atoms with E-state index < -0.39 is 0 Å².